The van der Waals surface area contributed by atoms with Gasteiger partial charge in [0.25, 0.3) is 0 Å². The van der Waals surface area contributed by atoms with Gasteiger partial charge in [-0.25, -0.2) is 19.6 Å². The Morgan fingerprint density at radius 1 is 0.971 bits per heavy atom. The SMILES string of the molecule is Cc1ccc(C(=O)OC[C@H]2OC(n3ccc4cncnc43)CC2OC(=O)c2ccc(C)cc2)cc1. The lowest BCUT2D eigenvalue weighted by atomic mass is 10.1. The highest BCUT2D eigenvalue weighted by molar-refractivity contribution is 5.90. The first-order chi connectivity index (χ1) is 17.0. The van der Waals surface area contributed by atoms with Crippen molar-refractivity contribution in [2.45, 2.75) is 38.7 Å². The standard InChI is InChI=1S/C27H25N3O5/c1-17-3-7-19(8-4-17)26(31)33-15-23-22(35-27(32)20-9-5-18(2)6-10-20)13-24(34-23)30-12-11-21-14-28-16-29-25(21)30/h3-12,14,16,22-24H,13,15H2,1-2H3/t22?,23-,24?/m1/s1. The lowest BCUT2D eigenvalue weighted by Crippen LogP contribution is -2.32. The van der Waals surface area contributed by atoms with Crippen molar-refractivity contribution in [2.24, 2.45) is 0 Å². The highest BCUT2D eigenvalue weighted by Gasteiger charge is 2.40. The average Bonchev–Trinajstić information content (AvgIpc) is 3.47. The van der Waals surface area contributed by atoms with Crippen molar-refractivity contribution in [3.8, 4) is 0 Å². The minimum absolute atomic E-state index is 0.0523. The van der Waals surface area contributed by atoms with E-state index in [9.17, 15) is 9.59 Å². The second-order valence-corrected chi connectivity index (χ2v) is 8.66. The van der Waals surface area contributed by atoms with Crippen molar-refractivity contribution in [1.29, 1.82) is 0 Å². The van der Waals surface area contributed by atoms with Crippen molar-refractivity contribution in [3.05, 3.63) is 95.6 Å². The van der Waals surface area contributed by atoms with Gasteiger partial charge in [-0.2, -0.15) is 0 Å². The zero-order valence-corrected chi connectivity index (χ0v) is 19.5. The normalized spacial score (nSPS) is 19.5. The Morgan fingerprint density at radius 3 is 2.31 bits per heavy atom. The van der Waals surface area contributed by atoms with E-state index < -0.39 is 30.4 Å². The van der Waals surface area contributed by atoms with Gasteiger partial charge >= 0.3 is 11.9 Å². The quantitative estimate of drug-likeness (QED) is 0.384. The Bertz CT molecular complexity index is 1350. The number of ether oxygens (including phenoxy) is 3. The molecule has 8 nitrogen and oxygen atoms in total. The van der Waals surface area contributed by atoms with Gasteiger partial charge in [0.1, 0.15) is 37.0 Å². The molecule has 1 aliphatic rings. The first kappa shape index (κ1) is 22.7. The minimum atomic E-state index is -0.636. The van der Waals surface area contributed by atoms with Crippen LogP contribution in [0, 0.1) is 13.8 Å². The number of rotatable bonds is 6. The average molecular weight is 472 g/mol. The fourth-order valence-corrected chi connectivity index (χ4v) is 4.10. The predicted molar refractivity (Wildman–Crippen MR) is 128 cm³/mol. The van der Waals surface area contributed by atoms with Gasteiger partial charge in [0, 0.05) is 24.2 Å². The lowest BCUT2D eigenvalue weighted by molar-refractivity contribution is -0.0562. The Morgan fingerprint density at radius 2 is 1.63 bits per heavy atom. The molecule has 0 radical (unpaired) electrons. The number of benzene rings is 2. The molecule has 0 amide bonds. The van der Waals surface area contributed by atoms with E-state index in [1.54, 1.807) is 30.5 Å². The molecule has 0 N–H and O–H groups in total. The molecule has 35 heavy (non-hydrogen) atoms. The topological polar surface area (TPSA) is 92.5 Å². The van der Waals surface area contributed by atoms with Gasteiger partial charge in [0.05, 0.1) is 11.1 Å². The monoisotopic (exact) mass is 471 g/mol. The Hall–Kier alpha value is -4.04. The molecule has 2 aromatic heterocycles. The Balaban J connectivity index is 1.34. The second-order valence-electron chi connectivity index (χ2n) is 8.66. The molecular weight excluding hydrogens is 446 g/mol. The summed E-state index contributed by atoms with van der Waals surface area (Å²) in [6, 6.07) is 16.2. The third-order valence-electron chi connectivity index (χ3n) is 6.08. The molecule has 4 aromatic rings. The summed E-state index contributed by atoms with van der Waals surface area (Å²) >= 11 is 0. The van der Waals surface area contributed by atoms with E-state index in [1.807, 2.05) is 54.9 Å². The van der Waals surface area contributed by atoms with Crippen molar-refractivity contribution < 1.29 is 23.8 Å². The second kappa shape index (κ2) is 9.68. The van der Waals surface area contributed by atoms with E-state index in [2.05, 4.69) is 9.97 Å². The van der Waals surface area contributed by atoms with E-state index >= 15 is 0 Å². The summed E-state index contributed by atoms with van der Waals surface area (Å²) in [5.74, 6) is -0.909. The summed E-state index contributed by atoms with van der Waals surface area (Å²) in [6.07, 6.45) is 3.76. The van der Waals surface area contributed by atoms with E-state index in [0.29, 0.717) is 23.2 Å². The van der Waals surface area contributed by atoms with Crippen LogP contribution in [-0.2, 0) is 14.2 Å². The number of aryl methyl sites for hydroxylation is 2. The van der Waals surface area contributed by atoms with E-state index in [0.717, 1.165) is 16.5 Å². The van der Waals surface area contributed by atoms with Crippen LogP contribution in [0.1, 0.15) is 44.5 Å². The van der Waals surface area contributed by atoms with Crippen molar-refractivity contribution >= 4 is 23.0 Å². The summed E-state index contributed by atoms with van der Waals surface area (Å²) in [5, 5.41) is 0.874. The van der Waals surface area contributed by atoms with Gasteiger partial charge in [0.15, 0.2) is 0 Å². The fourth-order valence-electron chi connectivity index (χ4n) is 4.10. The molecule has 2 unspecified atom stereocenters. The zero-order valence-electron chi connectivity index (χ0n) is 19.5. The largest absolute Gasteiger partial charge is 0.459 e. The molecule has 8 heteroatoms. The summed E-state index contributed by atoms with van der Waals surface area (Å²) in [7, 11) is 0. The molecule has 1 fully saturated rings. The van der Waals surface area contributed by atoms with Gasteiger partial charge < -0.3 is 18.8 Å². The predicted octanol–water partition coefficient (Wildman–Crippen LogP) is 4.42. The summed E-state index contributed by atoms with van der Waals surface area (Å²) in [4.78, 5) is 33.8. The van der Waals surface area contributed by atoms with Crippen molar-refractivity contribution in [3.63, 3.8) is 0 Å². The number of esters is 2. The van der Waals surface area contributed by atoms with Crippen LogP contribution in [0.15, 0.2) is 73.3 Å². The third kappa shape index (κ3) is 4.93. The molecule has 2 aromatic carbocycles. The molecule has 5 rings (SSSR count). The Labute approximate surface area is 202 Å². The highest BCUT2D eigenvalue weighted by atomic mass is 16.6. The zero-order chi connectivity index (χ0) is 24.4. The molecule has 3 atom stereocenters. The molecule has 3 heterocycles. The van der Waals surface area contributed by atoms with Gasteiger partial charge in [-0.1, -0.05) is 35.4 Å². The summed E-state index contributed by atoms with van der Waals surface area (Å²) < 4.78 is 19.5. The van der Waals surface area contributed by atoms with Gasteiger partial charge in [-0.15, -0.1) is 0 Å². The maximum atomic E-state index is 12.8. The maximum Gasteiger partial charge on any atom is 0.338 e. The van der Waals surface area contributed by atoms with Gasteiger partial charge in [0.2, 0.25) is 0 Å². The molecule has 0 aliphatic carbocycles. The molecular formula is C27H25N3O5. The smallest absolute Gasteiger partial charge is 0.338 e. The first-order valence-electron chi connectivity index (χ1n) is 11.4. The lowest BCUT2D eigenvalue weighted by Gasteiger charge is -2.19. The number of hydrogen-bond donors (Lipinski definition) is 0. The molecule has 178 valence electrons. The van der Waals surface area contributed by atoms with Crippen LogP contribution in [0.3, 0.4) is 0 Å². The Kier molecular flexibility index (Phi) is 6.29. The van der Waals surface area contributed by atoms with E-state index in [1.165, 1.54) is 6.33 Å². The number of hydrogen-bond acceptors (Lipinski definition) is 7. The first-order valence-corrected chi connectivity index (χ1v) is 11.4. The third-order valence-corrected chi connectivity index (χ3v) is 6.08. The van der Waals surface area contributed by atoms with Crippen LogP contribution >= 0.6 is 0 Å². The number of fused-ring (bicyclic) bond motifs is 1. The van der Waals surface area contributed by atoms with Crippen LogP contribution in [-0.4, -0.2) is 45.3 Å². The fraction of sp³-hybridized carbons (Fsp3) is 0.259. The van der Waals surface area contributed by atoms with E-state index in [-0.39, 0.29) is 6.61 Å². The van der Waals surface area contributed by atoms with Crippen LogP contribution in [0.5, 0.6) is 0 Å². The molecule has 0 bridgehead atoms. The van der Waals surface area contributed by atoms with Crippen molar-refractivity contribution in [2.75, 3.05) is 6.61 Å². The van der Waals surface area contributed by atoms with Crippen LogP contribution < -0.4 is 0 Å². The number of aromatic nitrogens is 3. The van der Waals surface area contributed by atoms with Crippen LogP contribution in [0.25, 0.3) is 11.0 Å². The molecule has 1 saturated heterocycles. The maximum absolute atomic E-state index is 12.8. The minimum Gasteiger partial charge on any atom is -0.459 e. The highest BCUT2D eigenvalue weighted by Crippen LogP contribution is 2.34. The van der Waals surface area contributed by atoms with Gasteiger partial charge in [-0.05, 0) is 44.2 Å². The van der Waals surface area contributed by atoms with Crippen molar-refractivity contribution in [1.82, 2.24) is 14.5 Å². The molecule has 1 aliphatic heterocycles. The van der Waals surface area contributed by atoms with Crippen LogP contribution in [0.2, 0.25) is 0 Å². The number of nitrogens with zero attached hydrogens (tertiary/aromatic N) is 3. The number of carbonyl (C=O) groups excluding carboxylic acids is 2. The summed E-state index contributed by atoms with van der Waals surface area (Å²) in [5.41, 5.74) is 3.72. The molecule has 0 saturated carbocycles. The van der Waals surface area contributed by atoms with E-state index in [4.69, 9.17) is 14.2 Å². The van der Waals surface area contributed by atoms with Crippen LogP contribution in [0.4, 0.5) is 0 Å². The molecule has 0 spiro atoms. The summed E-state index contributed by atoms with van der Waals surface area (Å²) in [6.45, 7) is 3.85. The van der Waals surface area contributed by atoms with Gasteiger partial charge in [-0.3, -0.25) is 0 Å². The number of carbonyl (C=O) groups is 2.